The number of anilines is 2. The highest BCUT2D eigenvalue weighted by molar-refractivity contribution is 6.30. The number of aliphatic imine (C=N–C) groups is 1. The molecule has 1 aliphatic rings. The van der Waals surface area contributed by atoms with Crippen molar-refractivity contribution >= 4 is 29.4 Å². The number of ether oxygens (including phenoxy) is 1. The van der Waals surface area contributed by atoms with Crippen LogP contribution in [0, 0.1) is 0 Å². The summed E-state index contributed by atoms with van der Waals surface area (Å²) < 4.78 is 5.13. The van der Waals surface area contributed by atoms with E-state index in [2.05, 4.69) is 25.3 Å². The van der Waals surface area contributed by atoms with Gasteiger partial charge in [-0.15, -0.1) is 0 Å². The van der Waals surface area contributed by atoms with Gasteiger partial charge in [0.05, 0.1) is 23.5 Å². The monoisotopic (exact) mass is 318 g/mol. The summed E-state index contributed by atoms with van der Waals surface area (Å²) in [5.74, 6) is 1.13. The van der Waals surface area contributed by atoms with Crippen molar-refractivity contribution in [3.05, 3.63) is 41.3 Å². The SMILES string of the molecule is NC1=NC(CCc2ccc(Nc3ncc(Cl)cn3)nc2)CO1. The van der Waals surface area contributed by atoms with E-state index < -0.39 is 0 Å². The van der Waals surface area contributed by atoms with E-state index in [1.807, 2.05) is 18.3 Å². The number of hydrogen-bond acceptors (Lipinski definition) is 7. The molecule has 8 heteroatoms. The third-order valence-corrected chi connectivity index (χ3v) is 3.38. The van der Waals surface area contributed by atoms with Crippen molar-refractivity contribution in [3.63, 3.8) is 0 Å². The predicted molar refractivity (Wildman–Crippen MR) is 84.2 cm³/mol. The zero-order valence-electron chi connectivity index (χ0n) is 11.7. The number of amidine groups is 1. The van der Waals surface area contributed by atoms with E-state index in [1.54, 1.807) is 0 Å². The van der Waals surface area contributed by atoms with Crippen molar-refractivity contribution in [2.75, 3.05) is 11.9 Å². The number of pyridine rings is 1. The molecule has 0 amide bonds. The molecule has 2 aromatic heterocycles. The first-order valence-corrected chi connectivity index (χ1v) is 7.22. The first-order chi connectivity index (χ1) is 10.7. The van der Waals surface area contributed by atoms with Gasteiger partial charge in [-0.25, -0.2) is 19.9 Å². The highest BCUT2D eigenvalue weighted by Gasteiger charge is 2.16. The van der Waals surface area contributed by atoms with Gasteiger partial charge in [0.25, 0.3) is 6.02 Å². The zero-order chi connectivity index (χ0) is 15.4. The van der Waals surface area contributed by atoms with Crippen LogP contribution in [0.3, 0.4) is 0 Å². The largest absolute Gasteiger partial charge is 0.463 e. The lowest BCUT2D eigenvalue weighted by Crippen LogP contribution is -2.10. The Kier molecular flexibility index (Phi) is 4.34. The van der Waals surface area contributed by atoms with Gasteiger partial charge in [-0.1, -0.05) is 17.7 Å². The predicted octanol–water partition coefficient (Wildman–Crippen LogP) is 1.91. The van der Waals surface area contributed by atoms with Crippen LogP contribution in [0.2, 0.25) is 5.02 Å². The molecule has 0 bridgehead atoms. The van der Waals surface area contributed by atoms with E-state index in [0.29, 0.717) is 23.4 Å². The minimum atomic E-state index is 0.139. The maximum atomic E-state index is 5.74. The molecule has 1 aliphatic heterocycles. The Morgan fingerprint density at radius 3 is 2.68 bits per heavy atom. The summed E-state index contributed by atoms with van der Waals surface area (Å²) in [6, 6.07) is 4.32. The van der Waals surface area contributed by atoms with Gasteiger partial charge in [-0.3, -0.25) is 0 Å². The molecule has 3 rings (SSSR count). The van der Waals surface area contributed by atoms with Gasteiger partial charge < -0.3 is 15.8 Å². The molecule has 7 nitrogen and oxygen atoms in total. The third kappa shape index (κ3) is 3.82. The molecule has 3 N–H and O–H groups in total. The van der Waals surface area contributed by atoms with Gasteiger partial charge in [0.1, 0.15) is 12.4 Å². The number of rotatable bonds is 5. The lowest BCUT2D eigenvalue weighted by Gasteiger charge is -2.06. The molecule has 0 fully saturated rings. The molecule has 0 saturated carbocycles. The zero-order valence-corrected chi connectivity index (χ0v) is 12.5. The molecule has 22 heavy (non-hydrogen) atoms. The second kappa shape index (κ2) is 6.57. The minimum Gasteiger partial charge on any atom is -0.463 e. The molecule has 0 aliphatic carbocycles. The Balaban J connectivity index is 1.54. The fourth-order valence-corrected chi connectivity index (χ4v) is 2.15. The molecular weight excluding hydrogens is 304 g/mol. The summed E-state index contributed by atoms with van der Waals surface area (Å²) in [5.41, 5.74) is 6.61. The average molecular weight is 319 g/mol. The molecule has 114 valence electrons. The van der Waals surface area contributed by atoms with Gasteiger partial charge in [-0.2, -0.15) is 0 Å². The van der Waals surface area contributed by atoms with E-state index in [4.69, 9.17) is 22.1 Å². The van der Waals surface area contributed by atoms with Gasteiger partial charge in [0.2, 0.25) is 5.95 Å². The molecule has 3 heterocycles. The van der Waals surface area contributed by atoms with Gasteiger partial charge in [0.15, 0.2) is 0 Å². The number of nitrogens with two attached hydrogens (primary N) is 1. The summed E-state index contributed by atoms with van der Waals surface area (Å²) in [7, 11) is 0. The lowest BCUT2D eigenvalue weighted by molar-refractivity contribution is 0.308. The number of nitrogens with zero attached hydrogens (tertiary/aromatic N) is 4. The quantitative estimate of drug-likeness (QED) is 0.874. The Hall–Kier alpha value is -2.41. The minimum absolute atomic E-state index is 0.139. The standard InChI is InChI=1S/C14H15ClN6O/c15-10-6-18-14(19-7-10)21-12-4-2-9(5-17-12)1-3-11-8-22-13(16)20-11/h2,4-7,11H,1,3,8H2,(H2,16,20)(H,17,18,19,21). The smallest absolute Gasteiger partial charge is 0.282 e. The van der Waals surface area contributed by atoms with Crippen molar-refractivity contribution in [1.29, 1.82) is 0 Å². The van der Waals surface area contributed by atoms with Crippen LogP contribution in [0.4, 0.5) is 11.8 Å². The van der Waals surface area contributed by atoms with Crippen molar-refractivity contribution in [1.82, 2.24) is 15.0 Å². The van der Waals surface area contributed by atoms with Gasteiger partial charge in [0, 0.05) is 6.20 Å². The van der Waals surface area contributed by atoms with E-state index in [-0.39, 0.29) is 12.1 Å². The fourth-order valence-electron chi connectivity index (χ4n) is 2.05. The Morgan fingerprint density at radius 1 is 1.23 bits per heavy atom. The van der Waals surface area contributed by atoms with Crippen molar-refractivity contribution < 1.29 is 4.74 Å². The number of halogens is 1. The molecule has 0 spiro atoms. The molecule has 1 atom stereocenters. The van der Waals surface area contributed by atoms with E-state index in [1.165, 1.54) is 12.4 Å². The number of hydrogen-bond donors (Lipinski definition) is 2. The summed E-state index contributed by atoms with van der Waals surface area (Å²) >= 11 is 5.74. The Morgan fingerprint density at radius 2 is 2.05 bits per heavy atom. The first kappa shape index (κ1) is 14.5. The summed E-state index contributed by atoms with van der Waals surface area (Å²) in [6.07, 6.45) is 6.63. The molecule has 2 aromatic rings. The topological polar surface area (TPSA) is 98.3 Å². The van der Waals surface area contributed by atoms with E-state index in [0.717, 1.165) is 18.4 Å². The van der Waals surface area contributed by atoms with Crippen LogP contribution < -0.4 is 11.1 Å². The second-order valence-corrected chi connectivity index (χ2v) is 5.31. The lowest BCUT2D eigenvalue weighted by atomic mass is 10.1. The molecule has 1 unspecified atom stereocenters. The first-order valence-electron chi connectivity index (χ1n) is 6.84. The van der Waals surface area contributed by atoms with Crippen LogP contribution >= 0.6 is 11.6 Å². The summed E-state index contributed by atoms with van der Waals surface area (Å²) in [5, 5.41) is 3.50. The van der Waals surface area contributed by atoms with Gasteiger partial charge >= 0.3 is 0 Å². The third-order valence-electron chi connectivity index (χ3n) is 3.18. The van der Waals surface area contributed by atoms with Crippen LogP contribution in [0.25, 0.3) is 0 Å². The van der Waals surface area contributed by atoms with E-state index >= 15 is 0 Å². The summed E-state index contributed by atoms with van der Waals surface area (Å²) in [6.45, 7) is 0.562. The molecule has 0 radical (unpaired) electrons. The highest BCUT2D eigenvalue weighted by Crippen LogP contribution is 2.14. The highest BCUT2D eigenvalue weighted by atomic mass is 35.5. The number of nitrogens with one attached hydrogen (secondary N) is 1. The molecule has 0 aromatic carbocycles. The van der Waals surface area contributed by atoms with Crippen LogP contribution in [0.1, 0.15) is 12.0 Å². The second-order valence-electron chi connectivity index (χ2n) is 4.87. The number of aromatic nitrogens is 3. The maximum Gasteiger partial charge on any atom is 0.282 e. The molecular formula is C14H15ClN6O. The van der Waals surface area contributed by atoms with Crippen LogP contribution in [0.5, 0.6) is 0 Å². The van der Waals surface area contributed by atoms with E-state index in [9.17, 15) is 0 Å². The van der Waals surface area contributed by atoms with Crippen LogP contribution in [-0.4, -0.2) is 33.6 Å². The van der Waals surface area contributed by atoms with Crippen LogP contribution in [-0.2, 0) is 11.2 Å². The van der Waals surface area contributed by atoms with Gasteiger partial charge in [-0.05, 0) is 24.5 Å². The Labute approximate surface area is 132 Å². The van der Waals surface area contributed by atoms with Crippen molar-refractivity contribution in [2.24, 2.45) is 10.7 Å². The fraction of sp³-hybridized carbons (Fsp3) is 0.286. The van der Waals surface area contributed by atoms with Crippen molar-refractivity contribution in [3.8, 4) is 0 Å². The Bertz CT molecular complexity index is 658. The van der Waals surface area contributed by atoms with Crippen LogP contribution in [0.15, 0.2) is 35.7 Å². The summed E-state index contributed by atoms with van der Waals surface area (Å²) in [4.78, 5) is 16.7. The number of aryl methyl sites for hydroxylation is 1. The maximum absolute atomic E-state index is 5.74. The van der Waals surface area contributed by atoms with Crippen molar-refractivity contribution in [2.45, 2.75) is 18.9 Å². The molecule has 0 saturated heterocycles. The normalized spacial score (nSPS) is 17.0. The average Bonchev–Trinajstić information content (AvgIpc) is 2.94.